The molecule has 0 amide bonds. The van der Waals surface area contributed by atoms with Crippen LogP contribution in [0, 0.1) is 6.92 Å². The summed E-state index contributed by atoms with van der Waals surface area (Å²) in [5, 5.41) is 0.493. The second-order valence-electron chi connectivity index (χ2n) is 6.50. The van der Waals surface area contributed by atoms with Crippen LogP contribution in [0.3, 0.4) is 0 Å². The van der Waals surface area contributed by atoms with Gasteiger partial charge in [-0.25, -0.2) is 13.2 Å². The maximum absolute atomic E-state index is 12.8. The SMILES string of the molecule is Cc1ccc(S(=O)(=O)N2CCOCC2)cc1C(=O)OCC(=O)c1ccc(Cl)cc1. The highest BCUT2D eigenvalue weighted by Gasteiger charge is 2.27. The summed E-state index contributed by atoms with van der Waals surface area (Å²) in [5.74, 6) is -1.14. The van der Waals surface area contributed by atoms with E-state index in [2.05, 4.69) is 0 Å². The van der Waals surface area contributed by atoms with Crippen molar-refractivity contribution < 1.29 is 27.5 Å². The Morgan fingerprint density at radius 3 is 2.41 bits per heavy atom. The van der Waals surface area contributed by atoms with Crippen LogP contribution in [0.4, 0.5) is 0 Å². The van der Waals surface area contributed by atoms with Gasteiger partial charge in [-0.15, -0.1) is 0 Å². The van der Waals surface area contributed by atoms with E-state index in [1.54, 1.807) is 37.3 Å². The van der Waals surface area contributed by atoms with E-state index in [-0.39, 0.29) is 29.3 Å². The summed E-state index contributed by atoms with van der Waals surface area (Å²) in [6.07, 6.45) is 0. The van der Waals surface area contributed by atoms with Gasteiger partial charge in [0.25, 0.3) is 0 Å². The van der Waals surface area contributed by atoms with Crippen LogP contribution in [-0.4, -0.2) is 57.4 Å². The summed E-state index contributed by atoms with van der Waals surface area (Å²) >= 11 is 5.79. The third kappa shape index (κ3) is 5.02. The van der Waals surface area contributed by atoms with Crippen LogP contribution in [0.15, 0.2) is 47.4 Å². The predicted molar refractivity (Wildman–Crippen MR) is 107 cm³/mol. The molecule has 0 radical (unpaired) electrons. The number of hydrogen-bond acceptors (Lipinski definition) is 6. The van der Waals surface area contributed by atoms with E-state index in [9.17, 15) is 18.0 Å². The molecule has 0 bridgehead atoms. The van der Waals surface area contributed by atoms with E-state index >= 15 is 0 Å². The molecule has 0 aromatic heterocycles. The molecule has 9 heteroatoms. The fraction of sp³-hybridized carbons (Fsp3) is 0.300. The molecule has 3 rings (SSSR count). The molecule has 1 heterocycles. The lowest BCUT2D eigenvalue weighted by molar-refractivity contribution is 0.0473. The van der Waals surface area contributed by atoms with Crippen molar-refractivity contribution in [1.82, 2.24) is 4.31 Å². The van der Waals surface area contributed by atoms with E-state index < -0.39 is 22.6 Å². The normalized spacial score (nSPS) is 15.1. The van der Waals surface area contributed by atoms with Crippen molar-refractivity contribution in [3.8, 4) is 0 Å². The molecule has 0 spiro atoms. The molecule has 1 aliphatic heterocycles. The van der Waals surface area contributed by atoms with Gasteiger partial charge in [0.05, 0.1) is 23.7 Å². The number of ether oxygens (including phenoxy) is 2. The smallest absolute Gasteiger partial charge is 0.338 e. The second-order valence-corrected chi connectivity index (χ2v) is 8.87. The quantitative estimate of drug-likeness (QED) is 0.510. The molecule has 0 N–H and O–H groups in total. The van der Waals surface area contributed by atoms with Crippen molar-refractivity contribution >= 4 is 33.4 Å². The maximum atomic E-state index is 12.8. The molecule has 0 saturated carbocycles. The monoisotopic (exact) mass is 437 g/mol. The van der Waals surface area contributed by atoms with Crippen LogP contribution in [0.25, 0.3) is 0 Å². The number of carbonyl (C=O) groups excluding carboxylic acids is 2. The number of sulfonamides is 1. The number of ketones is 1. The molecule has 1 saturated heterocycles. The maximum Gasteiger partial charge on any atom is 0.338 e. The number of hydrogen-bond donors (Lipinski definition) is 0. The molecule has 0 unspecified atom stereocenters. The molecular formula is C20H20ClNO6S. The average molecular weight is 438 g/mol. The highest BCUT2D eigenvalue weighted by Crippen LogP contribution is 2.21. The van der Waals surface area contributed by atoms with E-state index in [1.165, 1.54) is 16.4 Å². The number of carbonyl (C=O) groups is 2. The minimum atomic E-state index is -3.75. The zero-order valence-electron chi connectivity index (χ0n) is 15.8. The Hall–Kier alpha value is -2.26. The van der Waals surface area contributed by atoms with Crippen LogP contribution in [-0.2, 0) is 19.5 Å². The Bertz CT molecular complexity index is 1010. The van der Waals surface area contributed by atoms with E-state index in [0.29, 0.717) is 29.4 Å². The van der Waals surface area contributed by atoms with Crippen molar-refractivity contribution in [2.24, 2.45) is 0 Å². The summed E-state index contributed by atoms with van der Waals surface area (Å²) in [6.45, 7) is 2.37. The van der Waals surface area contributed by atoms with E-state index in [1.807, 2.05) is 0 Å². The molecule has 0 aliphatic carbocycles. The molecule has 2 aromatic rings. The van der Waals surface area contributed by atoms with Crippen molar-refractivity contribution in [2.45, 2.75) is 11.8 Å². The topological polar surface area (TPSA) is 90.0 Å². The van der Waals surface area contributed by atoms with Crippen molar-refractivity contribution in [1.29, 1.82) is 0 Å². The lowest BCUT2D eigenvalue weighted by Gasteiger charge is -2.26. The number of Topliss-reactive ketones (excluding diaryl/α,β-unsaturated/α-hetero) is 1. The number of aryl methyl sites for hydroxylation is 1. The van der Waals surface area contributed by atoms with Crippen LogP contribution in [0.5, 0.6) is 0 Å². The first-order chi connectivity index (χ1) is 13.8. The van der Waals surface area contributed by atoms with Gasteiger partial charge < -0.3 is 9.47 Å². The Labute approximate surface area is 174 Å². The minimum Gasteiger partial charge on any atom is -0.454 e. The molecule has 0 atom stereocenters. The highest BCUT2D eigenvalue weighted by atomic mass is 35.5. The van der Waals surface area contributed by atoms with Crippen LogP contribution in [0.1, 0.15) is 26.3 Å². The third-order valence-electron chi connectivity index (χ3n) is 4.54. The van der Waals surface area contributed by atoms with Gasteiger partial charge in [-0.3, -0.25) is 4.79 Å². The largest absolute Gasteiger partial charge is 0.454 e. The molecular weight excluding hydrogens is 418 g/mol. The molecule has 2 aromatic carbocycles. The first kappa shape index (κ1) is 21.4. The number of benzene rings is 2. The van der Waals surface area contributed by atoms with Gasteiger partial charge in [-0.2, -0.15) is 4.31 Å². The number of halogens is 1. The lowest BCUT2D eigenvalue weighted by Crippen LogP contribution is -2.40. The van der Waals surface area contributed by atoms with Gasteiger partial charge in [0.15, 0.2) is 12.4 Å². The van der Waals surface area contributed by atoms with Gasteiger partial charge in [-0.05, 0) is 48.9 Å². The summed E-state index contributed by atoms with van der Waals surface area (Å²) in [6, 6.07) is 10.5. The van der Waals surface area contributed by atoms with Crippen LogP contribution < -0.4 is 0 Å². The Balaban J connectivity index is 1.74. The van der Waals surface area contributed by atoms with E-state index in [0.717, 1.165) is 0 Å². The fourth-order valence-electron chi connectivity index (χ4n) is 2.85. The number of rotatable bonds is 6. The first-order valence-corrected chi connectivity index (χ1v) is 10.8. The molecule has 7 nitrogen and oxygen atoms in total. The van der Waals surface area contributed by atoms with Crippen molar-refractivity contribution in [3.63, 3.8) is 0 Å². The van der Waals surface area contributed by atoms with Gasteiger partial charge in [0, 0.05) is 23.7 Å². The summed E-state index contributed by atoms with van der Waals surface area (Å²) < 4.78 is 37.2. The first-order valence-electron chi connectivity index (χ1n) is 8.93. The Morgan fingerprint density at radius 2 is 1.76 bits per heavy atom. The zero-order chi connectivity index (χ0) is 21.0. The van der Waals surface area contributed by atoms with Gasteiger partial charge in [-0.1, -0.05) is 17.7 Å². The van der Waals surface area contributed by atoms with Crippen molar-refractivity contribution in [3.05, 3.63) is 64.2 Å². The van der Waals surface area contributed by atoms with Gasteiger partial charge in [0.2, 0.25) is 10.0 Å². The lowest BCUT2D eigenvalue weighted by atomic mass is 10.1. The van der Waals surface area contributed by atoms with Crippen LogP contribution >= 0.6 is 11.6 Å². The highest BCUT2D eigenvalue weighted by molar-refractivity contribution is 7.89. The van der Waals surface area contributed by atoms with Crippen molar-refractivity contribution in [2.75, 3.05) is 32.9 Å². The molecule has 29 heavy (non-hydrogen) atoms. The predicted octanol–water partition coefficient (Wildman–Crippen LogP) is 2.71. The summed E-state index contributed by atoms with van der Waals surface area (Å²) in [5.41, 5.74) is 1.01. The van der Waals surface area contributed by atoms with Crippen LogP contribution in [0.2, 0.25) is 5.02 Å². The fourth-order valence-corrected chi connectivity index (χ4v) is 4.41. The molecule has 154 valence electrons. The molecule has 1 fully saturated rings. The standard InChI is InChI=1S/C20H20ClNO6S/c1-14-2-7-17(29(25,26)22-8-10-27-11-9-22)12-18(14)20(24)28-13-19(23)15-3-5-16(21)6-4-15/h2-7,12H,8-11,13H2,1H3. The minimum absolute atomic E-state index is 0.000905. The zero-order valence-corrected chi connectivity index (χ0v) is 17.3. The van der Waals surface area contributed by atoms with Gasteiger partial charge >= 0.3 is 5.97 Å². The number of esters is 1. The summed E-state index contributed by atoms with van der Waals surface area (Å²) in [4.78, 5) is 24.7. The average Bonchev–Trinajstić information content (AvgIpc) is 2.73. The second kappa shape index (κ2) is 9.04. The Morgan fingerprint density at radius 1 is 1.10 bits per heavy atom. The Kier molecular flexibility index (Phi) is 6.69. The third-order valence-corrected chi connectivity index (χ3v) is 6.68. The summed E-state index contributed by atoms with van der Waals surface area (Å²) in [7, 11) is -3.75. The number of nitrogens with zero attached hydrogens (tertiary/aromatic N) is 1. The van der Waals surface area contributed by atoms with E-state index in [4.69, 9.17) is 21.1 Å². The number of morpholine rings is 1. The van der Waals surface area contributed by atoms with Gasteiger partial charge in [0.1, 0.15) is 0 Å². The molecule has 1 aliphatic rings.